The van der Waals surface area contributed by atoms with Gasteiger partial charge in [0.2, 0.25) is 0 Å². The Hall–Kier alpha value is -2.49. The highest BCUT2D eigenvalue weighted by atomic mass is 35.5. The van der Waals surface area contributed by atoms with Gasteiger partial charge in [-0.05, 0) is 35.2 Å². The van der Waals surface area contributed by atoms with Crippen molar-refractivity contribution in [2.45, 2.75) is 20.1 Å². The molecule has 0 heterocycles. The fourth-order valence-electron chi connectivity index (χ4n) is 2.96. The summed E-state index contributed by atoms with van der Waals surface area (Å²) in [5.41, 5.74) is 11.3. The zero-order valence-electron chi connectivity index (χ0n) is 15.0. The first-order valence-corrected chi connectivity index (χ1v) is 8.85. The number of halogens is 1. The van der Waals surface area contributed by atoms with Gasteiger partial charge in [-0.3, -0.25) is 0 Å². The summed E-state index contributed by atoms with van der Waals surface area (Å²) >= 11 is 6.33. The van der Waals surface area contributed by atoms with Crippen LogP contribution < -0.4 is 15.2 Å². The van der Waals surface area contributed by atoms with Gasteiger partial charge in [-0.15, -0.1) is 0 Å². The maximum absolute atomic E-state index is 6.33. The van der Waals surface area contributed by atoms with Crippen molar-refractivity contribution in [2.75, 3.05) is 7.11 Å². The number of ether oxygens (including phenoxy) is 2. The van der Waals surface area contributed by atoms with Crippen molar-refractivity contribution in [1.29, 1.82) is 0 Å². The Morgan fingerprint density at radius 2 is 1.69 bits per heavy atom. The molecule has 0 saturated carbocycles. The second-order valence-corrected chi connectivity index (χ2v) is 6.45. The summed E-state index contributed by atoms with van der Waals surface area (Å²) in [6.07, 6.45) is 0. The summed E-state index contributed by atoms with van der Waals surface area (Å²) in [7, 11) is 1.61. The van der Waals surface area contributed by atoms with Gasteiger partial charge in [0.25, 0.3) is 0 Å². The van der Waals surface area contributed by atoms with Crippen LogP contribution in [0.2, 0.25) is 5.02 Å². The van der Waals surface area contributed by atoms with E-state index >= 15 is 0 Å². The quantitative estimate of drug-likeness (QED) is 0.637. The van der Waals surface area contributed by atoms with Gasteiger partial charge in [-0.25, -0.2) is 0 Å². The molecule has 3 aromatic rings. The van der Waals surface area contributed by atoms with Crippen molar-refractivity contribution < 1.29 is 9.47 Å². The molecule has 3 nitrogen and oxygen atoms in total. The normalized spacial score (nSPS) is 10.6. The van der Waals surface area contributed by atoms with Gasteiger partial charge in [0.15, 0.2) is 0 Å². The van der Waals surface area contributed by atoms with Gasteiger partial charge in [0.1, 0.15) is 18.1 Å². The van der Waals surface area contributed by atoms with E-state index < -0.39 is 0 Å². The van der Waals surface area contributed by atoms with Gasteiger partial charge >= 0.3 is 0 Å². The molecule has 0 saturated heterocycles. The lowest BCUT2D eigenvalue weighted by Gasteiger charge is -2.15. The van der Waals surface area contributed by atoms with Crippen LogP contribution in [0.4, 0.5) is 0 Å². The molecule has 4 heteroatoms. The van der Waals surface area contributed by atoms with Crippen LogP contribution in [0.3, 0.4) is 0 Å². The summed E-state index contributed by atoms with van der Waals surface area (Å²) in [6, 6.07) is 20.2. The van der Waals surface area contributed by atoms with Crippen molar-refractivity contribution in [3.05, 3.63) is 82.4 Å². The van der Waals surface area contributed by atoms with E-state index in [1.165, 1.54) is 16.7 Å². The molecule has 0 fully saturated rings. The lowest BCUT2D eigenvalue weighted by molar-refractivity contribution is 0.303. The Kier molecular flexibility index (Phi) is 5.82. The molecule has 0 aliphatic heterocycles. The van der Waals surface area contributed by atoms with Gasteiger partial charge in [-0.1, -0.05) is 60.1 Å². The molecular formula is C22H22ClNO2. The summed E-state index contributed by atoms with van der Waals surface area (Å²) in [5.74, 6) is 1.27. The van der Waals surface area contributed by atoms with E-state index in [1.807, 2.05) is 24.3 Å². The van der Waals surface area contributed by atoms with E-state index in [-0.39, 0.29) is 0 Å². The van der Waals surface area contributed by atoms with E-state index in [1.54, 1.807) is 19.2 Å². The Labute approximate surface area is 159 Å². The molecule has 0 spiro atoms. The minimum atomic E-state index is 0.363. The Morgan fingerprint density at radius 1 is 0.923 bits per heavy atom. The molecule has 3 rings (SSSR count). The molecule has 0 unspecified atom stereocenters. The number of hydrogen-bond acceptors (Lipinski definition) is 3. The van der Waals surface area contributed by atoms with Crippen molar-refractivity contribution >= 4 is 11.6 Å². The third-order valence-corrected chi connectivity index (χ3v) is 4.76. The van der Waals surface area contributed by atoms with Crippen LogP contribution in [0, 0.1) is 6.92 Å². The highest BCUT2D eigenvalue weighted by molar-refractivity contribution is 6.32. The summed E-state index contributed by atoms with van der Waals surface area (Å²) in [5, 5.41) is 0.531. The molecule has 0 aliphatic carbocycles. The Balaban J connectivity index is 1.85. The maximum Gasteiger partial charge on any atom is 0.142 e. The fourth-order valence-corrected chi connectivity index (χ4v) is 3.20. The average molecular weight is 368 g/mol. The van der Waals surface area contributed by atoms with Crippen LogP contribution in [0.1, 0.15) is 16.7 Å². The maximum atomic E-state index is 6.33. The highest BCUT2D eigenvalue weighted by Gasteiger charge is 2.11. The molecule has 0 aromatic heterocycles. The zero-order valence-corrected chi connectivity index (χ0v) is 15.7. The zero-order chi connectivity index (χ0) is 18.5. The van der Waals surface area contributed by atoms with E-state index in [9.17, 15) is 0 Å². The predicted octanol–water partition coefficient (Wildman–Crippen LogP) is 5.36. The van der Waals surface area contributed by atoms with E-state index in [2.05, 4.69) is 31.2 Å². The SMILES string of the molecule is COc1cc(OCc2cccc(-c3ccccc3)c2C)c(Cl)cc1CN. The molecule has 134 valence electrons. The van der Waals surface area contributed by atoms with Gasteiger partial charge in [0, 0.05) is 18.2 Å². The monoisotopic (exact) mass is 367 g/mol. The molecule has 3 aromatic carbocycles. The summed E-state index contributed by atoms with van der Waals surface area (Å²) in [6.45, 7) is 2.90. The lowest BCUT2D eigenvalue weighted by Crippen LogP contribution is -2.03. The number of nitrogens with two attached hydrogens (primary N) is 1. The average Bonchev–Trinajstić information content (AvgIpc) is 2.68. The summed E-state index contributed by atoms with van der Waals surface area (Å²) < 4.78 is 11.3. The van der Waals surface area contributed by atoms with Crippen LogP contribution in [0.15, 0.2) is 60.7 Å². The molecule has 0 aliphatic rings. The van der Waals surface area contributed by atoms with Crippen molar-refractivity contribution in [1.82, 2.24) is 0 Å². The lowest BCUT2D eigenvalue weighted by atomic mass is 9.97. The van der Waals surface area contributed by atoms with Crippen molar-refractivity contribution in [3.8, 4) is 22.6 Å². The van der Waals surface area contributed by atoms with E-state index in [0.29, 0.717) is 29.7 Å². The number of rotatable bonds is 6. The Morgan fingerprint density at radius 3 is 2.38 bits per heavy atom. The third-order valence-electron chi connectivity index (χ3n) is 4.47. The van der Waals surface area contributed by atoms with Gasteiger partial charge in [0.05, 0.1) is 12.1 Å². The number of hydrogen-bond donors (Lipinski definition) is 1. The standard InChI is InChI=1S/C22H22ClNO2/c1-15-17(9-6-10-19(15)16-7-4-3-5-8-16)14-26-22-12-21(25-2)18(13-24)11-20(22)23/h3-12H,13-14,24H2,1-2H3. The van der Waals surface area contributed by atoms with Gasteiger partial charge in [-0.2, -0.15) is 0 Å². The molecular weight excluding hydrogens is 346 g/mol. The minimum absolute atomic E-state index is 0.363. The predicted molar refractivity (Wildman–Crippen MR) is 107 cm³/mol. The smallest absolute Gasteiger partial charge is 0.142 e. The molecule has 0 amide bonds. The molecule has 26 heavy (non-hydrogen) atoms. The van der Waals surface area contributed by atoms with Crippen LogP contribution in [0.5, 0.6) is 11.5 Å². The first kappa shape index (κ1) is 18.3. The first-order chi connectivity index (χ1) is 12.6. The first-order valence-electron chi connectivity index (χ1n) is 8.47. The number of methoxy groups -OCH3 is 1. The molecule has 0 bridgehead atoms. The number of benzene rings is 3. The molecule has 2 N–H and O–H groups in total. The minimum Gasteiger partial charge on any atom is -0.496 e. The van der Waals surface area contributed by atoms with Crippen LogP contribution in [-0.4, -0.2) is 7.11 Å². The third kappa shape index (κ3) is 3.85. The molecule has 0 atom stereocenters. The van der Waals surface area contributed by atoms with Crippen molar-refractivity contribution in [3.63, 3.8) is 0 Å². The van der Waals surface area contributed by atoms with Gasteiger partial charge < -0.3 is 15.2 Å². The second kappa shape index (κ2) is 8.26. The van der Waals surface area contributed by atoms with Crippen LogP contribution in [0.25, 0.3) is 11.1 Å². The van der Waals surface area contributed by atoms with E-state index in [0.717, 1.165) is 11.1 Å². The summed E-state index contributed by atoms with van der Waals surface area (Å²) in [4.78, 5) is 0. The van der Waals surface area contributed by atoms with Crippen LogP contribution >= 0.6 is 11.6 Å². The van der Waals surface area contributed by atoms with Crippen molar-refractivity contribution in [2.24, 2.45) is 5.73 Å². The van der Waals surface area contributed by atoms with E-state index in [4.69, 9.17) is 26.8 Å². The van der Waals surface area contributed by atoms with Crippen LogP contribution in [-0.2, 0) is 13.2 Å². The Bertz CT molecular complexity index is 894. The second-order valence-electron chi connectivity index (χ2n) is 6.04. The largest absolute Gasteiger partial charge is 0.496 e. The topological polar surface area (TPSA) is 44.5 Å². The molecule has 0 radical (unpaired) electrons. The highest BCUT2D eigenvalue weighted by Crippen LogP contribution is 2.34. The fraction of sp³-hybridized carbons (Fsp3) is 0.182.